The van der Waals surface area contributed by atoms with Crippen LogP contribution in [0.2, 0.25) is 0 Å². The number of benzene rings is 1. The fraction of sp³-hybridized carbons (Fsp3) is 0.429. The van der Waals surface area contributed by atoms with Gasteiger partial charge in [0.2, 0.25) is 0 Å². The first-order valence-corrected chi connectivity index (χ1v) is 5.84. The molecule has 1 N–H and O–H groups in total. The van der Waals surface area contributed by atoms with E-state index < -0.39 is 6.10 Å². The third-order valence-corrected chi connectivity index (χ3v) is 2.92. The molecule has 92 valence electrons. The van der Waals surface area contributed by atoms with E-state index in [0.717, 1.165) is 11.1 Å². The van der Waals surface area contributed by atoms with E-state index in [0.29, 0.717) is 6.61 Å². The fourth-order valence-electron chi connectivity index (χ4n) is 1.85. The summed E-state index contributed by atoms with van der Waals surface area (Å²) in [6, 6.07) is 9.96. The van der Waals surface area contributed by atoms with Crippen LogP contribution in [0.3, 0.4) is 0 Å². The van der Waals surface area contributed by atoms with Crippen molar-refractivity contribution in [3.63, 3.8) is 0 Å². The summed E-state index contributed by atoms with van der Waals surface area (Å²) >= 11 is 0. The van der Waals surface area contributed by atoms with Gasteiger partial charge < -0.3 is 14.6 Å². The van der Waals surface area contributed by atoms with Gasteiger partial charge in [0.25, 0.3) is 0 Å². The summed E-state index contributed by atoms with van der Waals surface area (Å²) in [4.78, 5) is 0. The minimum absolute atomic E-state index is 0.222. The highest BCUT2D eigenvalue weighted by Crippen LogP contribution is 2.20. The van der Waals surface area contributed by atoms with E-state index >= 15 is 0 Å². The van der Waals surface area contributed by atoms with Crippen LogP contribution in [0.5, 0.6) is 0 Å². The van der Waals surface area contributed by atoms with E-state index in [9.17, 15) is 5.11 Å². The smallest absolute Gasteiger partial charge is 0.178 e. The van der Waals surface area contributed by atoms with Crippen molar-refractivity contribution in [2.24, 2.45) is 0 Å². The summed E-state index contributed by atoms with van der Waals surface area (Å²) in [5, 5.41) is 9.70. The van der Waals surface area contributed by atoms with Crippen LogP contribution < -0.4 is 0 Å². The molecular weight excluding hydrogens is 216 g/mol. The number of ether oxygens (including phenoxy) is 2. The highest BCUT2D eigenvalue weighted by Gasteiger charge is 2.26. The summed E-state index contributed by atoms with van der Waals surface area (Å²) in [5.74, 6) is 0. The Bertz CT molecular complexity index is 386. The van der Waals surface area contributed by atoms with Gasteiger partial charge in [-0.3, -0.25) is 0 Å². The molecule has 1 aliphatic heterocycles. The lowest BCUT2D eigenvalue weighted by atomic mass is 10.0. The zero-order chi connectivity index (χ0) is 12.3. The van der Waals surface area contributed by atoms with Crippen molar-refractivity contribution in [2.75, 3.05) is 0 Å². The quantitative estimate of drug-likeness (QED) is 0.815. The summed E-state index contributed by atoms with van der Waals surface area (Å²) < 4.78 is 11.2. The number of hydrogen-bond acceptors (Lipinski definition) is 3. The zero-order valence-electron chi connectivity index (χ0n) is 10.2. The van der Waals surface area contributed by atoms with Gasteiger partial charge in [-0.25, -0.2) is 0 Å². The Kier molecular flexibility index (Phi) is 3.94. The second-order valence-electron chi connectivity index (χ2n) is 4.36. The molecule has 1 aliphatic rings. The summed E-state index contributed by atoms with van der Waals surface area (Å²) in [6.07, 6.45) is 0.717. The highest BCUT2D eigenvalue weighted by molar-refractivity contribution is 5.14. The zero-order valence-corrected chi connectivity index (χ0v) is 10.2. The molecule has 0 saturated heterocycles. The van der Waals surface area contributed by atoms with Crippen LogP contribution in [-0.2, 0) is 16.1 Å². The Hall–Kier alpha value is -1.16. The molecule has 1 heterocycles. The predicted octanol–water partition coefficient (Wildman–Crippen LogP) is 2.26. The normalized spacial score (nSPS) is 28.9. The van der Waals surface area contributed by atoms with Gasteiger partial charge >= 0.3 is 0 Å². The molecule has 3 atom stereocenters. The lowest BCUT2D eigenvalue weighted by molar-refractivity contribution is -0.173. The maximum Gasteiger partial charge on any atom is 0.178 e. The lowest BCUT2D eigenvalue weighted by Crippen LogP contribution is -2.36. The SMILES string of the molecule is CC1=C[C@@H](OCc2ccccc2)O[C@@H](C)[C@@H]1O. The summed E-state index contributed by atoms with van der Waals surface area (Å²) in [5.41, 5.74) is 2.02. The Balaban J connectivity index is 1.92. The van der Waals surface area contributed by atoms with E-state index in [1.54, 1.807) is 0 Å². The second-order valence-corrected chi connectivity index (χ2v) is 4.36. The summed E-state index contributed by atoms with van der Waals surface area (Å²) in [7, 11) is 0. The minimum atomic E-state index is -0.522. The second kappa shape index (κ2) is 5.45. The van der Waals surface area contributed by atoms with Gasteiger partial charge in [0.05, 0.1) is 12.7 Å². The van der Waals surface area contributed by atoms with Crippen LogP contribution in [0.4, 0.5) is 0 Å². The number of aliphatic hydroxyl groups is 1. The van der Waals surface area contributed by atoms with Crippen molar-refractivity contribution < 1.29 is 14.6 Å². The first kappa shape index (κ1) is 12.3. The van der Waals surface area contributed by atoms with Gasteiger partial charge in [-0.05, 0) is 31.1 Å². The average Bonchev–Trinajstić information content (AvgIpc) is 2.34. The molecule has 0 aliphatic carbocycles. The van der Waals surface area contributed by atoms with Gasteiger partial charge in [0.1, 0.15) is 6.10 Å². The molecule has 1 aromatic carbocycles. The van der Waals surface area contributed by atoms with Gasteiger partial charge in [0.15, 0.2) is 6.29 Å². The number of aliphatic hydroxyl groups excluding tert-OH is 1. The molecule has 1 aromatic rings. The summed E-state index contributed by atoms with van der Waals surface area (Å²) in [6.45, 7) is 4.25. The lowest BCUT2D eigenvalue weighted by Gasteiger charge is -2.30. The maximum atomic E-state index is 9.70. The molecule has 0 spiro atoms. The van der Waals surface area contributed by atoms with Crippen LogP contribution in [-0.4, -0.2) is 23.6 Å². The van der Waals surface area contributed by atoms with Gasteiger partial charge in [0, 0.05) is 0 Å². The molecule has 0 aromatic heterocycles. The van der Waals surface area contributed by atoms with Crippen molar-refractivity contribution in [1.82, 2.24) is 0 Å². The van der Waals surface area contributed by atoms with Crippen molar-refractivity contribution in [3.8, 4) is 0 Å². The van der Waals surface area contributed by atoms with Crippen LogP contribution in [0.1, 0.15) is 19.4 Å². The third kappa shape index (κ3) is 3.16. The molecule has 0 saturated carbocycles. The van der Waals surface area contributed by atoms with E-state index in [-0.39, 0.29) is 12.4 Å². The van der Waals surface area contributed by atoms with Gasteiger partial charge in [-0.1, -0.05) is 30.3 Å². The molecule has 0 radical (unpaired) electrons. The van der Waals surface area contributed by atoms with Gasteiger partial charge in [-0.15, -0.1) is 0 Å². The Morgan fingerprint density at radius 3 is 2.65 bits per heavy atom. The van der Waals surface area contributed by atoms with Gasteiger partial charge in [-0.2, -0.15) is 0 Å². The monoisotopic (exact) mass is 234 g/mol. The third-order valence-electron chi connectivity index (χ3n) is 2.92. The first-order chi connectivity index (χ1) is 8.16. The van der Waals surface area contributed by atoms with Crippen LogP contribution in [0.15, 0.2) is 42.0 Å². The molecular formula is C14H18O3. The molecule has 17 heavy (non-hydrogen) atoms. The first-order valence-electron chi connectivity index (χ1n) is 5.84. The van der Waals surface area contributed by atoms with Crippen molar-refractivity contribution in [1.29, 1.82) is 0 Å². The Labute approximate surface area is 102 Å². The van der Waals surface area contributed by atoms with E-state index in [4.69, 9.17) is 9.47 Å². The van der Waals surface area contributed by atoms with E-state index in [1.807, 2.05) is 50.3 Å². The van der Waals surface area contributed by atoms with Crippen LogP contribution in [0.25, 0.3) is 0 Å². The van der Waals surface area contributed by atoms with Crippen LogP contribution >= 0.6 is 0 Å². The standard InChI is InChI=1S/C14H18O3/c1-10-8-13(17-11(2)14(10)15)16-9-12-6-4-3-5-7-12/h3-8,11,13-15H,9H2,1-2H3/t11-,13-,14+/m0/s1. The predicted molar refractivity (Wildman–Crippen MR) is 65.3 cm³/mol. The average molecular weight is 234 g/mol. The van der Waals surface area contributed by atoms with Crippen molar-refractivity contribution in [2.45, 2.75) is 39.0 Å². The van der Waals surface area contributed by atoms with Crippen LogP contribution in [0, 0.1) is 0 Å². The molecule has 0 fully saturated rings. The van der Waals surface area contributed by atoms with Crippen molar-refractivity contribution in [3.05, 3.63) is 47.5 Å². The topological polar surface area (TPSA) is 38.7 Å². The van der Waals surface area contributed by atoms with E-state index in [1.165, 1.54) is 0 Å². The maximum absolute atomic E-state index is 9.70. The number of hydrogen-bond donors (Lipinski definition) is 1. The Morgan fingerprint density at radius 2 is 2.00 bits per heavy atom. The van der Waals surface area contributed by atoms with Crippen molar-refractivity contribution >= 4 is 0 Å². The minimum Gasteiger partial charge on any atom is -0.386 e. The fourth-order valence-corrected chi connectivity index (χ4v) is 1.85. The molecule has 0 unspecified atom stereocenters. The molecule has 2 rings (SSSR count). The molecule has 3 heteroatoms. The Morgan fingerprint density at radius 1 is 1.29 bits per heavy atom. The number of rotatable bonds is 3. The van der Waals surface area contributed by atoms with E-state index in [2.05, 4.69) is 0 Å². The molecule has 0 amide bonds. The largest absolute Gasteiger partial charge is 0.386 e. The molecule has 3 nitrogen and oxygen atoms in total. The molecule has 0 bridgehead atoms. The highest BCUT2D eigenvalue weighted by atomic mass is 16.7.